The normalized spacial score (nSPS) is 28.6. The molecule has 1 fully saturated rings. The quantitative estimate of drug-likeness (QED) is 0.677. The minimum absolute atomic E-state index is 0.373. The Kier molecular flexibility index (Phi) is 5.00. The highest BCUT2D eigenvalue weighted by Gasteiger charge is 2.28. The molecule has 80 valence electrons. The van der Waals surface area contributed by atoms with Gasteiger partial charge in [-0.25, -0.2) is 0 Å². The fourth-order valence-corrected chi connectivity index (χ4v) is 2.05. The number of likely N-dealkylation sites (N-methyl/N-ethyl adjacent to an activating group) is 1. The van der Waals surface area contributed by atoms with Crippen molar-refractivity contribution in [3.8, 4) is 12.3 Å². The van der Waals surface area contributed by atoms with Crippen LogP contribution >= 0.6 is 0 Å². The van der Waals surface area contributed by atoms with Crippen LogP contribution in [0.25, 0.3) is 0 Å². The summed E-state index contributed by atoms with van der Waals surface area (Å²) in [4.78, 5) is 0. The third-order valence-corrected chi connectivity index (χ3v) is 2.78. The molecule has 0 aromatic heterocycles. The molecule has 0 aliphatic carbocycles. The highest BCUT2D eigenvalue weighted by Crippen LogP contribution is 2.23. The molecule has 1 aliphatic heterocycles. The number of terminal acetylenes is 1. The van der Waals surface area contributed by atoms with E-state index in [-0.39, 0.29) is 0 Å². The van der Waals surface area contributed by atoms with Crippen molar-refractivity contribution in [2.75, 3.05) is 6.54 Å². The molecule has 0 amide bonds. The molecular formula is C12H21NO. The van der Waals surface area contributed by atoms with Crippen LogP contribution in [0.3, 0.4) is 0 Å². The van der Waals surface area contributed by atoms with E-state index in [1.165, 1.54) is 12.8 Å². The van der Waals surface area contributed by atoms with Crippen molar-refractivity contribution in [2.45, 2.75) is 57.8 Å². The van der Waals surface area contributed by atoms with E-state index >= 15 is 0 Å². The van der Waals surface area contributed by atoms with Gasteiger partial charge in [0.15, 0.2) is 0 Å². The second kappa shape index (κ2) is 6.06. The van der Waals surface area contributed by atoms with Gasteiger partial charge in [-0.3, -0.25) is 0 Å². The number of rotatable bonds is 5. The Hall–Kier alpha value is -0.520. The molecule has 0 radical (unpaired) electrons. The van der Waals surface area contributed by atoms with E-state index in [0.717, 1.165) is 19.4 Å². The van der Waals surface area contributed by atoms with Gasteiger partial charge in [0.1, 0.15) is 0 Å². The molecule has 3 unspecified atom stereocenters. The first-order valence-corrected chi connectivity index (χ1v) is 5.60. The first-order chi connectivity index (χ1) is 6.77. The molecule has 1 rings (SSSR count). The van der Waals surface area contributed by atoms with Crippen LogP contribution in [0.1, 0.15) is 39.5 Å². The third kappa shape index (κ3) is 3.32. The fourth-order valence-electron chi connectivity index (χ4n) is 2.05. The van der Waals surface area contributed by atoms with Crippen molar-refractivity contribution in [1.82, 2.24) is 5.32 Å². The van der Waals surface area contributed by atoms with Gasteiger partial charge in [0, 0.05) is 12.5 Å². The maximum Gasteiger partial charge on any atom is 0.0732 e. The van der Waals surface area contributed by atoms with E-state index in [4.69, 9.17) is 11.2 Å². The van der Waals surface area contributed by atoms with Crippen molar-refractivity contribution < 1.29 is 4.74 Å². The number of hydrogen-bond acceptors (Lipinski definition) is 2. The molecule has 0 aromatic carbocycles. The molecule has 1 aliphatic rings. The van der Waals surface area contributed by atoms with Crippen LogP contribution in [0.15, 0.2) is 0 Å². The molecule has 3 atom stereocenters. The Labute approximate surface area is 87.4 Å². The Morgan fingerprint density at radius 3 is 2.86 bits per heavy atom. The lowest BCUT2D eigenvalue weighted by Crippen LogP contribution is -2.39. The van der Waals surface area contributed by atoms with Crippen LogP contribution in [0.4, 0.5) is 0 Å². The summed E-state index contributed by atoms with van der Waals surface area (Å²) < 4.78 is 5.84. The molecule has 2 heteroatoms. The highest BCUT2D eigenvalue weighted by molar-refractivity contribution is 4.89. The molecule has 0 spiro atoms. The molecular weight excluding hydrogens is 174 g/mol. The van der Waals surface area contributed by atoms with Gasteiger partial charge in [-0.1, -0.05) is 6.92 Å². The summed E-state index contributed by atoms with van der Waals surface area (Å²) in [5.41, 5.74) is 0. The molecule has 0 saturated carbocycles. The largest absolute Gasteiger partial charge is 0.374 e. The standard InChI is InChI=1S/C12H21NO/c1-4-6-7-11(13-5-2)12-9-8-10(3)14-12/h1,10-13H,5-9H2,2-3H3. The van der Waals surface area contributed by atoms with Crippen LogP contribution < -0.4 is 5.32 Å². The highest BCUT2D eigenvalue weighted by atomic mass is 16.5. The van der Waals surface area contributed by atoms with Crippen molar-refractivity contribution in [3.05, 3.63) is 0 Å². The molecule has 0 bridgehead atoms. The lowest BCUT2D eigenvalue weighted by atomic mass is 10.0. The summed E-state index contributed by atoms with van der Waals surface area (Å²) in [6.45, 7) is 5.26. The van der Waals surface area contributed by atoms with Crippen LogP contribution in [-0.2, 0) is 4.74 Å². The van der Waals surface area contributed by atoms with Gasteiger partial charge >= 0.3 is 0 Å². The molecule has 2 nitrogen and oxygen atoms in total. The zero-order chi connectivity index (χ0) is 10.4. The molecule has 0 aromatic rings. The van der Waals surface area contributed by atoms with Crippen LogP contribution in [0.5, 0.6) is 0 Å². The van der Waals surface area contributed by atoms with Crippen LogP contribution in [-0.4, -0.2) is 24.8 Å². The summed E-state index contributed by atoms with van der Waals surface area (Å²) in [6, 6.07) is 0.445. The maximum atomic E-state index is 5.84. The summed E-state index contributed by atoms with van der Waals surface area (Å²) in [5, 5.41) is 3.46. The Morgan fingerprint density at radius 2 is 2.36 bits per heavy atom. The predicted octanol–water partition coefficient (Wildman–Crippen LogP) is 1.95. The first kappa shape index (κ1) is 11.6. The molecule has 1 heterocycles. The fraction of sp³-hybridized carbons (Fsp3) is 0.833. The van der Waals surface area contributed by atoms with E-state index in [9.17, 15) is 0 Å². The lowest BCUT2D eigenvalue weighted by Gasteiger charge is -2.23. The number of hydrogen-bond donors (Lipinski definition) is 1. The van der Waals surface area contributed by atoms with Gasteiger partial charge in [-0.05, 0) is 32.7 Å². The van der Waals surface area contributed by atoms with Crippen LogP contribution in [0, 0.1) is 12.3 Å². The SMILES string of the molecule is C#CCCC(NCC)C1CCC(C)O1. The lowest BCUT2D eigenvalue weighted by molar-refractivity contribution is 0.0308. The van der Waals surface area contributed by atoms with Gasteiger partial charge < -0.3 is 10.1 Å². The average molecular weight is 195 g/mol. The predicted molar refractivity (Wildman–Crippen MR) is 59.1 cm³/mol. The Morgan fingerprint density at radius 1 is 1.57 bits per heavy atom. The van der Waals surface area contributed by atoms with Gasteiger partial charge in [0.05, 0.1) is 12.2 Å². The minimum Gasteiger partial charge on any atom is -0.374 e. The van der Waals surface area contributed by atoms with Crippen LogP contribution in [0.2, 0.25) is 0 Å². The topological polar surface area (TPSA) is 21.3 Å². The Balaban J connectivity index is 2.37. The van der Waals surface area contributed by atoms with E-state index in [0.29, 0.717) is 18.2 Å². The zero-order valence-electron chi connectivity index (χ0n) is 9.25. The minimum atomic E-state index is 0.373. The summed E-state index contributed by atoms with van der Waals surface area (Å²) in [5.74, 6) is 2.70. The van der Waals surface area contributed by atoms with Gasteiger partial charge in [-0.15, -0.1) is 12.3 Å². The summed E-state index contributed by atoms with van der Waals surface area (Å²) >= 11 is 0. The van der Waals surface area contributed by atoms with Gasteiger partial charge in [-0.2, -0.15) is 0 Å². The van der Waals surface area contributed by atoms with Crippen molar-refractivity contribution in [2.24, 2.45) is 0 Å². The molecule has 1 saturated heterocycles. The number of ether oxygens (including phenoxy) is 1. The third-order valence-electron chi connectivity index (χ3n) is 2.78. The van der Waals surface area contributed by atoms with Crippen molar-refractivity contribution >= 4 is 0 Å². The van der Waals surface area contributed by atoms with Gasteiger partial charge in [0.2, 0.25) is 0 Å². The summed E-state index contributed by atoms with van der Waals surface area (Å²) in [6.07, 6.45) is 10.3. The van der Waals surface area contributed by atoms with E-state index < -0.39 is 0 Å². The Bertz CT molecular complexity index is 197. The maximum absolute atomic E-state index is 5.84. The molecule has 14 heavy (non-hydrogen) atoms. The summed E-state index contributed by atoms with van der Waals surface area (Å²) in [7, 11) is 0. The second-order valence-electron chi connectivity index (χ2n) is 3.97. The van der Waals surface area contributed by atoms with E-state index in [1.54, 1.807) is 0 Å². The average Bonchev–Trinajstić information content (AvgIpc) is 2.59. The second-order valence-corrected chi connectivity index (χ2v) is 3.97. The monoisotopic (exact) mass is 195 g/mol. The molecule has 1 N–H and O–H groups in total. The van der Waals surface area contributed by atoms with Crippen molar-refractivity contribution in [1.29, 1.82) is 0 Å². The van der Waals surface area contributed by atoms with Gasteiger partial charge in [0.25, 0.3) is 0 Å². The zero-order valence-corrected chi connectivity index (χ0v) is 9.25. The van der Waals surface area contributed by atoms with E-state index in [1.807, 2.05) is 0 Å². The van der Waals surface area contributed by atoms with Crippen molar-refractivity contribution in [3.63, 3.8) is 0 Å². The smallest absolute Gasteiger partial charge is 0.0732 e. The first-order valence-electron chi connectivity index (χ1n) is 5.60. The number of nitrogens with one attached hydrogen (secondary N) is 1. The van der Waals surface area contributed by atoms with E-state index in [2.05, 4.69) is 25.1 Å².